The molecule has 0 radical (unpaired) electrons. The Hall–Kier alpha value is -2.11. The van der Waals surface area contributed by atoms with Gasteiger partial charge >= 0.3 is 0 Å². The Morgan fingerprint density at radius 1 is 1.04 bits per heavy atom. The van der Waals surface area contributed by atoms with E-state index in [-0.39, 0.29) is 4.91 Å². The first kappa shape index (κ1) is 15.8. The minimum absolute atomic E-state index is 0.226. The Balaban J connectivity index is 2.03. The number of benzene rings is 2. The lowest BCUT2D eigenvalue weighted by Gasteiger charge is -2.09. The van der Waals surface area contributed by atoms with Gasteiger partial charge in [0.25, 0.3) is 10.0 Å². The first-order valence-corrected chi connectivity index (χ1v) is 8.85. The number of nitrogens with one attached hydrogen (secondary N) is 1. The number of amidine groups is 1. The average Bonchev–Trinajstić information content (AvgIpc) is 2.72. The van der Waals surface area contributed by atoms with Gasteiger partial charge in [-0.3, -0.25) is 0 Å². The van der Waals surface area contributed by atoms with Crippen molar-refractivity contribution in [3.63, 3.8) is 0 Å². The van der Waals surface area contributed by atoms with Crippen LogP contribution in [0.5, 0.6) is 0 Å². The highest BCUT2D eigenvalue weighted by Gasteiger charge is 2.31. The zero-order chi connectivity index (χ0) is 16.6. The van der Waals surface area contributed by atoms with Crippen LogP contribution in [0.2, 0.25) is 5.02 Å². The molecular weight excluding hydrogens is 332 g/mol. The molecule has 2 aromatic carbocycles. The van der Waals surface area contributed by atoms with Crippen LogP contribution in [0.15, 0.2) is 58.5 Å². The maximum Gasteiger partial charge on any atom is 0.285 e. The van der Waals surface area contributed by atoms with Crippen molar-refractivity contribution >= 4 is 38.1 Å². The van der Waals surface area contributed by atoms with E-state index in [0.29, 0.717) is 27.7 Å². The summed E-state index contributed by atoms with van der Waals surface area (Å²) in [7, 11) is -3.72. The van der Waals surface area contributed by atoms with Crippen molar-refractivity contribution in [2.45, 2.75) is 13.8 Å². The van der Waals surface area contributed by atoms with Crippen molar-refractivity contribution in [2.75, 3.05) is 5.32 Å². The molecule has 0 atom stereocenters. The first-order chi connectivity index (χ1) is 10.9. The molecule has 23 heavy (non-hydrogen) atoms. The van der Waals surface area contributed by atoms with Gasteiger partial charge in [0.15, 0.2) is 0 Å². The predicted molar refractivity (Wildman–Crippen MR) is 95.2 cm³/mol. The summed E-state index contributed by atoms with van der Waals surface area (Å²) in [5.41, 5.74) is 2.85. The second-order valence-electron chi connectivity index (χ2n) is 5.34. The predicted octanol–water partition coefficient (Wildman–Crippen LogP) is 4.23. The highest BCUT2D eigenvalue weighted by atomic mass is 35.5. The molecule has 1 aliphatic heterocycles. The molecule has 0 saturated carbocycles. The number of sulfonamides is 1. The Labute approximate surface area is 140 Å². The van der Waals surface area contributed by atoms with Gasteiger partial charge in [-0.15, -0.1) is 4.40 Å². The van der Waals surface area contributed by atoms with E-state index >= 15 is 0 Å². The van der Waals surface area contributed by atoms with Gasteiger partial charge < -0.3 is 5.32 Å². The van der Waals surface area contributed by atoms with Crippen LogP contribution in [-0.2, 0) is 10.0 Å². The second kappa shape index (κ2) is 5.83. The van der Waals surface area contributed by atoms with E-state index in [4.69, 9.17) is 11.6 Å². The number of hydrogen-bond donors (Lipinski definition) is 1. The van der Waals surface area contributed by atoms with Crippen molar-refractivity contribution in [1.29, 1.82) is 0 Å². The monoisotopic (exact) mass is 346 g/mol. The summed E-state index contributed by atoms with van der Waals surface area (Å²) in [6.07, 6.45) is 0. The van der Waals surface area contributed by atoms with Crippen molar-refractivity contribution in [2.24, 2.45) is 4.40 Å². The normalized spacial score (nSPS) is 16.4. The summed E-state index contributed by atoms with van der Waals surface area (Å²) >= 11 is 6.20. The van der Waals surface area contributed by atoms with Crippen LogP contribution >= 0.6 is 11.6 Å². The lowest BCUT2D eigenvalue weighted by Crippen LogP contribution is -2.11. The van der Waals surface area contributed by atoms with E-state index in [1.54, 1.807) is 37.3 Å². The molecule has 1 N–H and O–H groups in total. The van der Waals surface area contributed by atoms with Crippen LogP contribution < -0.4 is 5.32 Å². The molecule has 6 heteroatoms. The smallest absolute Gasteiger partial charge is 0.285 e. The molecule has 0 unspecified atom stereocenters. The third-order valence-electron chi connectivity index (χ3n) is 3.58. The van der Waals surface area contributed by atoms with Gasteiger partial charge in [0.1, 0.15) is 10.7 Å². The molecule has 1 heterocycles. The number of anilines is 1. The van der Waals surface area contributed by atoms with Gasteiger partial charge in [0, 0.05) is 5.57 Å². The lowest BCUT2D eigenvalue weighted by molar-refractivity contribution is 0.608. The number of rotatable bonds is 2. The fourth-order valence-corrected chi connectivity index (χ4v) is 4.17. The van der Waals surface area contributed by atoms with Crippen molar-refractivity contribution in [3.05, 3.63) is 70.3 Å². The van der Waals surface area contributed by atoms with Crippen LogP contribution in [-0.4, -0.2) is 14.3 Å². The molecule has 3 rings (SSSR count). The highest BCUT2D eigenvalue weighted by Crippen LogP contribution is 2.33. The van der Waals surface area contributed by atoms with E-state index < -0.39 is 10.0 Å². The third kappa shape index (κ3) is 3.02. The van der Waals surface area contributed by atoms with Gasteiger partial charge in [-0.2, -0.15) is 8.42 Å². The van der Waals surface area contributed by atoms with Crippen molar-refractivity contribution in [1.82, 2.24) is 0 Å². The summed E-state index contributed by atoms with van der Waals surface area (Å²) in [5.74, 6) is 0.301. The standard InChI is InChI=1S/C17H15ClN2O2S/c1-11-8-9-15(14(18)10-11)19-17-12(2)16(23(21,22)20-17)13-6-4-3-5-7-13/h3-10H,1-2H3,(H,19,20). The van der Waals surface area contributed by atoms with Gasteiger partial charge in [-0.1, -0.05) is 48.0 Å². The third-order valence-corrected chi connectivity index (χ3v) is 5.37. The fraction of sp³-hybridized carbons (Fsp3) is 0.118. The SMILES string of the molecule is CC1=C(c2ccccc2)S(=O)(=O)N=C1Nc1ccc(C)cc1Cl. The molecule has 0 bridgehead atoms. The quantitative estimate of drug-likeness (QED) is 0.885. The van der Waals surface area contributed by atoms with Crippen LogP contribution in [0.25, 0.3) is 4.91 Å². The van der Waals surface area contributed by atoms with Gasteiger partial charge in [0.05, 0.1) is 10.7 Å². The molecule has 2 aromatic rings. The topological polar surface area (TPSA) is 58.5 Å². The van der Waals surface area contributed by atoms with E-state index in [9.17, 15) is 8.42 Å². The first-order valence-electron chi connectivity index (χ1n) is 7.03. The largest absolute Gasteiger partial charge is 0.338 e. The Morgan fingerprint density at radius 3 is 2.39 bits per heavy atom. The molecule has 4 nitrogen and oxygen atoms in total. The molecule has 0 amide bonds. The number of hydrogen-bond acceptors (Lipinski definition) is 3. The maximum absolute atomic E-state index is 12.4. The van der Waals surface area contributed by atoms with Crippen LogP contribution in [0, 0.1) is 6.92 Å². The maximum atomic E-state index is 12.4. The summed E-state index contributed by atoms with van der Waals surface area (Å²) in [4.78, 5) is 0.226. The van der Waals surface area contributed by atoms with E-state index in [2.05, 4.69) is 9.71 Å². The molecule has 0 fully saturated rings. The van der Waals surface area contributed by atoms with Crippen LogP contribution in [0.3, 0.4) is 0 Å². The lowest BCUT2D eigenvalue weighted by atomic mass is 10.1. The summed E-state index contributed by atoms with van der Waals surface area (Å²) in [6.45, 7) is 3.67. The Kier molecular flexibility index (Phi) is 4.00. The van der Waals surface area contributed by atoms with E-state index in [0.717, 1.165) is 5.56 Å². The number of halogens is 1. The molecule has 0 aliphatic carbocycles. The summed E-state index contributed by atoms with van der Waals surface area (Å²) < 4.78 is 28.7. The number of nitrogens with zero attached hydrogens (tertiary/aromatic N) is 1. The van der Waals surface area contributed by atoms with Crippen LogP contribution in [0.4, 0.5) is 5.69 Å². The Bertz CT molecular complexity index is 932. The van der Waals surface area contributed by atoms with Crippen molar-refractivity contribution in [3.8, 4) is 0 Å². The minimum Gasteiger partial charge on any atom is -0.338 e. The van der Waals surface area contributed by atoms with Gasteiger partial charge in [-0.25, -0.2) is 0 Å². The van der Waals surface area contributed by atoms with Gasteiger partial charge in [0.2, 0.25) is 0 Å². The zero-order valence-electron chi connectivity index (χ0n) is 12.7. The zero-order valence-corrected chi connectivity index (χ0v) is 14.2. The minimum atomic E-state index is -3.72. The van der Waals surface area contributed by atoms with Crippen molar-refractivity contribution < 1.29 is 8.42 Å². The molecule has 0 aromatic heterocycles. The molecule has 0 saturated heterocycles. The van der Waals surface area contributed by atoms with Crippen LogP contribution in [0.1, 0.15) is 18.1 Å². The molecule has 0 spiro atoms. The summed E-state index contributed by atoms with van der Waals surface area (Å²) in [6, 6.07) is 14.5. The van der Waals surface area contributed by atoms with Gasteiger partial charge in [-0.05, 0) is 37.1 Å². The number of aryl methyl sites for hydroxylation is 1. The fourth-order valence-electron chi connectivity index (χ4n) is 2.46. The van der Waals surface area contributed by atoms with E-state index in [1.807, 2.05) is 25.1 Å². The highest BCUT2D eigenvalue weighted by molar-refractivity contribution is 8.00. The molecular formula is C17H15ClN2O2S. The Morgan fingerprint density at radius 2 is 1.74 bits per heavy atom. The molecule has 1 aliphatic rings. The molecule has 118 valence electrons. The summed E-state index contributed by atoms with van der Waals surface area (Å²) in [5, 5.41) is 3.54. The average molecular weight is 347 g/mol. The van der Waals surface area contributed by atoms with E-state index in [1.165, 1.54) is 0 Å². The second-order valence-corrected chi connectivity index (χ2v) is 7.29.